The number of carbonyl (C=O) groups is 2. The van der Waals surface area contributed by atoms with Crippen LogP contribution in [0, 0.1) is 5.82 Å². The fourth-order valence-corrected chi connectivity index (χ4v) is 4.75. The van der Waals surface area contributed by atoms with E-state index in [0.29, 0.717) is 17.7 Å². The Labute approximate surface area is 219 Å². The fourth-order valence-electron chi connectivity index (χ4n) is 4.49. The Hall–Kier alpha value is -3.19. The Kier molecular flexibility index (Phi) is 9.11. The van der Waals surface area contributed by atoms with Gasteiger partial charge >= 0.3 is 0 Å². The lowest BCUT2D eigenvalue weighted by Gasteiger charge is -2.32. The third-order valence-electron chi connectivity index (χ3n) is 6.45. The number of nitrogens with one attached hydrogen (secondary N) is 1. The van der Waals surface area contributed by atoms with E-state index in [1.165, 1.54) is 11.0 Å². The van der Waals surface area contributed by atoms with Gasteiger partial charge in [0, 0.05) is 29.0 Å². The van der Waals surface area contributed by atoms with Gasteiger partial charge in [-0.1, -0.05) is 77.3 Å². The number of rotatable bonds is 10. The highest BCUT2D eigenvalue weighted by atomic mass is 79.9. The largest absolute Gasteiger partial charge is 0.484 e. The third-order valence-corrected chi connectivity index (χ3v) is 6.98. The van der Waals surface area contributed by atoms with Crippen molar-refractivity contribution in [1.29, 1.82) is 0 Å². The van der Waals surface area contributed by atoms with Crippen LogP contribution in [0.25, 0.3) is 0 Å². The van der Waals surface area contributed by atoms with Crippen LogP contribution < -0.4 is 10.1 Å². The van der Waals surface area contributed by atoms with Crippen LogP contribution in [0.2, 0.25) is 0 Å². The van der Waals surface area contributed by atoms with E-state index in [1.54, 1.807) is 30.3 Å². The molecule has 0 unspecified atom stereocenters. The van der Waals surface area contributed by atoms with Crippen molar-refractivity contribution in [1.82, 2.24) is 10.2 Å². The predicted octanol–water partition coefficient (Wildman–Crippen LogP) is 5.67. The molecule has 0 aromatic heterocycles. The minimum atomic E-state index is -0.811. The summed E-state index contributed by atoms with van der Waals surface area (Å²) in [6.07, 6.45) is 4.33. The number of halogens is 2. The summed E-state index contributed by atoms with van der Waals surface area (Å²) in [5, 5.41) is 3.14. The maximum atomic E-state index is 14.6. The lowest BCUT2D eigenvalue weighted by molar-refractivity contribution is -0.143. The van der Waals surface area contributed by atoms with Gasteiger partial charge in [-0.15, -0.1) is 0 Å². The monoisotopic (exact) mass is 552 g/mol. The van der Waals surface area contributed by atoms with Crippen molar-refractivity contribution >= 4 is 27.7 Å². The molecule has 2 amide bonds. The molecular weight excluding hydrogens is 523 g/mol. The van der Waals surface area contributed by atoms with Crippen LogP contribution in [-0.4, -0.2) is 35.4 Å². The van der Waals surface area contributed by atoms with Crippen LogP contribution in [-0.2, 0) is 22.6 Å². The molecule has 1 saturated carbocycles. The predicted molar refractivity (Wildman–Crippen MR) is 141 cm³/mol. The first-order valence-corrected chi connectivity index (χ1v) is 13.0. The highest BCUT2D eigenvalue weighted by Gasteiger charge is 2.32. The van der Waals surface area contributed by atoms with E-state index >= 15 is 0 Å². The van der Waals surface area contributed by atoms with Gasteiger partial charge in [0.25, 0.3) is 5.91 Å². The molecule has 1 atom stereocenters. The van der Waals surface area contributed by atoms with Crippen molar-refractivity contribution in [3.05, 3.63) is 100 Å². The van der Waals surface area contributed by atoms with Crippen LogP contribution in [0.5, 0.6) is 5.75 Å². The molecule has 3 aromatic rings. The summed E-state index contributed by atoms with van der Waals surface area (Å²) in [5.41, 5.74) is 1.27. The lowest BCUT2D eigenvalue weighted by Crippen LogP contribution is -2.53. The van der Waals surface area contributed by atoms with E-state index in [1.807, 2.05) is 42.5 Å². The van der Waals surface area contributed by atoms with Crippen molar-refractivity contribution in [2.75, 3.05) is 6.61 Å². The summed E-state index contributed by atoms with van der Waals surface area (Å²) in [6, 6.07) is 22.4. The molecule has 0 aliphatic heterocycles. The molecule has 1 N–H and O–H groups in total. The Morgan fingerprint density at radius 1 is 0.972 bits per heavy atom. The summed E-state index contributed by atoms with van der Waals surface area (Å²) in [4.78, 5) is 28.6. The minimum Gasteiger partial charge on any atom is -0.484 e. The van der Waals surface area contributed by atoms with Gasteiger partial charge in [0.15, 0.2) is 6.61 Å². The van der Waals surface area contributed by atoms with Crippen molar-refractivity contribution in [2.45, 2.75) is 50.7 Å². The first-order valence-electron chi connectivity index (χ1n) is 12.2. The third kappa shape index (κ3) is 7.17. The van der Waals surface area contributed by atoms with Crippen molar-refractivity contribution < 1.29 is 18.7 Å². The van der Waals surface area contributed by atoms with Crippen molar-refractivity contribution in [2.24, 2.45) is 0 Å². The molecular formula is C29H30BrFN2O3. The number of hydrogen-bond donors (Lipinski definition) is 1. The molecule has 188 valence electrons. The maximum absolute atomic E-state index is 14.6. The van der Waals surface area contributed by atoms with Crippen molar-refractivity contribution in [3.63, 3.8) is 0 Å². The van der Waals surface area contributed by atoms with Crippen LogP contribution in [0.3, 0.4) is 0 Å². The van der Waals surface area contributed by atoms with Gasteiger partial charge in [0.1, 0.15) is 17.6 Å². The number of nitrogens with zero attached hydrogens (tertiary/aromatic N) is 1. The summed E-state index contributed by atoms with van der Waals surface area (Å²) in [5.74, 6) is -0.492. The summed E-state index contributed by atoms with van der Waals surface area (Å²) in [6.45, 7) is -0.303. The molecule has 7 heteroatoms. The van der Waals surface area contributed by atoms with E-state index in [4.69, 9.17) is 4.74 Å². The Morgan fingerprint density at radius 3 is 2.33 bits per heavy atom. The van der Waals surface area contributed by atoms with Gasteiger partial charge in [-0.2, -0.15) is 0 Å². The number of amides is 2. The molecule has 1 aliphatic carbocycles. The molecule has 1 aliphatic rings. The van der Waals surface area contributed by atoms with E-state index in [2.05, 4.69) is 21.2 Å². The fraction of sp³-hybridized carbons (Fsp3) is 0.310. The average molecular weight is 553 g/mol. The van der Waals surface area contributed by atoms with Crippen LogP contribution in [0.4, 0.5) is 4.39 Å². The first kappa shape index (κ1) is 25.9. The standard InChI is InChI=1S/C29H30BrFN2O3/c30-23-14-16-25(17-15-23)36-20-28(34)33(19-22-10-4-7-13-26(22)31)27(18-21-8-2-1-3-9-21)29(35)32-24-11-5-6-12-24/h1-4,7-10,13-17,24,27H,5-6,11-12,18-20H2,(H,32,35)/t27-/m1/s1. The first-order chi connectivity index (χ1) is 17.5. The number of benzene rings is 3. The quantitative estimate of drug-likeness (QED) is 0.352. The highest BCUT2D eigenvalue weighted by Crippen LogP contribution is 2.21. The van der Waals surface area contributed by atoms with Gasteiger partial charge in [-0.3, -0.25) is 9.59 Å². The summed E-state index contributed by atoms with van der Waals surface area (Å²) >= 11 is 3.38. The molecule has 36 heavy (non-hydrogen) atoms. The SMILES string of the molecule is O=C(NC1CCCC1)[C@@H](Cc1ccccc1)N(Cc1ccccc1F)C(=O)COc1ccc(Br)cc1. The number of carbonyl (C=O) groups excluding carboxylic acids is 2. The van der Waals surface area contributed by atoms with Gasteiger partial charge in [-0.05, 0) is 48.7 Å². The zero-order valence-corrected chi connectivity index (χ0v) is 21.6. The topological polar surface area (TPSA) is 58.6 Å². The van der Waals surface area contributed by atoms with Gasteiger partial charge < -0.3 is 15.0 Å². The second kappa shape index (κ2) is 12.7. The van der Waals surface area contributed by atoms with Gasteiger partial charge in [0.2, 0.25) is 5.91 Å². The van der Waals surface area contributed by atoms with Crippen LogP contribution >= 0.6 is 15.9 Å². The molecule has 0 saturated heterocycles. The van der Waals surface area contributed by atoms with Gasteiger partial charge in [0.05, 0.1) is 0 Å². The van der Waals surface area contributed by atoms with Crippen molar-refractivity contribution in [3.8, 4) is 5.75 Å². The van der Waals surface area contributed by atoms with Gasteiger partial charge in [-0.25, -0.2) is 4.39 Å². The summed E-state index contributed by atoms with van der Waals surface area (Å²) in [7, 11) is 0. The number of hydrogen-bond acceptors (Lipinski definition) is 3. The highest BCUT2D eigenvalue weighted by molar-refractivity contribution is 9.10. The second-order valence-electron chi connectivity index (χ2n) is 9.05. The Balaban J connectivity index is 1.61. The lowest BCUT2D eigenvalue weighted by atomic mass is 10.0. The molecule has 5 nitrogen and oxygen atoms in total. The molecule has 3 aromatic carbocycles. The number of ether oxygens (including phenoxy) is 1. The van der Waals surface area contributed by atoms with E-state index in [9.17, 15) is 14.0 Å². The van der Waals surface area contributed by atoms with E-state index in [-0.39, 0.29) is 31.0 Å². The van der Waals surface area contributed by atoms with Crippen LogP contribution in [0.1, 0.15) is 36.8 Å². The molecule has 0 spiro atoms. The maximum Gasteiger partial charge on any atom is 0.261 e. The zero-order valence-electron chi connectivity index (χ0n) is 20.0. The zero-order chi connectivity index (χ0) is 25.3. The second-order valence-corrected chi connectivity index (χ2v) is 9.97. The molecule has 0 bridgehead atoms. The normalized spacial score (nSPS) is 14.3. The minimum absolute atomic E-state index is 0.0369. The average Bonchev–Trinajstić information content (AvgIpc) is 3.40. The molecule has 4 rings (SSSR count). The van der Waals surface area contributed by atoms with E-state index < -0.39 is 11.9 Å². The Morgan fingerprint density at radius 2 is 1.64 bits per heavy atom. The Bertz CT molecular complexity index is 1150. The molecule has 0 radical (unpaired) electrons. The van der Waals surface area contributed by atoms with E-state index in [0.717, 1.165) is 35.7 Å². The smallest absolute Gasteiger partial charge is 0.261 e. The van der Waals surface area contributed by atoms with Crippen LogP contribution in [0.15, 0.2) is 83.3 Å². The summed E-state index contributed by atoms with van der Waals surface area (Å²) < 4.78 is 21.3. The molecule has 0 heterocycles. The molecule has 1 fully saturated rings.